The molecule has 2 aliphatic heterocycles. The van der Waals surface area contributed by atoms with Crippen LogP contribution in [0.25, 0.3) is 0 Å². The smallest absolute Gasteiger partial charge is 0.222 e. The largest absolute Gasteiger partial charge is 0.388 e. The second-order valence-electron chi connectivity index (χ2n) is 10.5. The number of rotatable bonds is 11. The lowest BCUT2D eigenvalue weighted by Gasteiger charge is -2.35. The van der Waals surface area contributed by atoms with E-state index in [-0.39, 0.29) is 12.5 Å². The minimum absolute atomic E-state index is 0.0148. The number of aryl methyl sites for hydroxylation is 1. The maximum Gasteiger partial charge on any atom is 0.222 e. The Bertz CT molecular complexity index is 1020. The van der Waals surface area contributed by atoms with E-state index in [2.05, 4.69) is 22.3 Å². The topological polar surface area (TPSA) is 111 Å². The monoisotopic (exact) mass is 526 g/mol. The lowest BCUT2D eigenvalue weighted by molar-refractivity contribution is -0.189. The quantitative estimate of drug-likeness (QED) is 0.332. The third kappa shape index (κ3) is 8.09. The van der Waals surface area contributed by atoms with Crippen molar-refractivity contribution in [3.8, 4) is 0 Å². The summed E-state index contributed by atoms with van der Waals surface area (Å²) in [6.45, 7) is 6.78. The zero-order chi connectivity index (χ0) is 26.9. The summed E-state index contributed by atoms with van der Waals surface area (Å²) < 4.78 is 11.4. The number of carbonyl (C=O) groups excluding carboxylic acids is 1. The molecule has 2 aliphatic rings. The molecule has 208 valence electrons. The molecule has 2 aromatic rings. The van der Waals surface area contributed by atoms with Crippen molar-refractivity contribution < 1.29 is 29.6 Å². The molecular weight excluding hydrogens is 484 g/mol. The number of carbonyl (C=O) groups is 1. The van der Waals surface area contributed by atoms with Gasteiger partial charge in [0.15, 0.2) is 0 Å². The van der Waals surface area contributed by atoms with Crippen molar-refractivity contribution in [2.24, 2.45) is 0 Å². The van der Waals surface area contributed by atoms with Crippen LogP contribution in [0.1, 0.15) is 59.6 Å². The standard InChI is InChI=1S/C30H42N2O6/c1-21-5-10-24(30-29(36)28(35)26(33)20-38-30)18-25(21)17-22-6-8-23(9-7-22)19-37-16-11-27(34)31-12-15-32-13-3-2-4-14-32/h5-10,18,26,28-30,33,35-36H,2-4,11-17,19-20H2,1H3,(H,31,34)/t26-,28+,29-,30+/m1/s1. The molecule has 4 atom stereocenters. The van der Waals surface area contributed by atoms with Gasteiger partial charge in [0, 0.05) is 19.5 Å². The van der Waals surface area contributed by atoms with Crippen molar-refractivity contribution >= 4 is 5.91 Å². The molecule has 0 bridgehead atoms. The summed E-state index contributed by atoms with van der Waals surface area (Å²) in [6, 6.07) is 14.1. The van der Waals surface area contributed by atoms with E-state index in [4.69, 9.17) is 9.47 Å². The van der Waals surface area contributed by atoms with Crippen molar-refractivity contribution in [2.75, 3.05) is 39.4 Å². The van der Waals surface area contributed by atoms with Crippen LogP contribution in [-0.4, -0.2) is 83.8 Å². The zero-order valence-electron chi connectivity index (χ0n) is 22.3. The maximum atomic E-state index is 12.1. The van der Waals surface area contributed by atoms with Gasteiger partial charge in [0.2, 0.25) is 5.91 Å². The van der Waals surface area contributed by atoms with E-state index < -0.39 is 24.4 Å². The highest BCUT2D eigenvalue weighted by atomic mass is 16.5. The molecule has 1 amide bonds. The Labute approximate surface area is 225 Å². The molecular formula is C30H42N2O6. The highest BCUT2D eigenvalue weighted by Crippen LogP contribution is 2.30. The highest BCUT2D eigenvalue weighted by Gasteiger charge is 2.38. The molecule has 0 spiro atoms. The van der Waals surface area contributed by atoms with Gasteiger partial charge >= 0.3 is 0 Å². The number of benzene rings is 2. The highest BCUT2D eigenvalue weighted by molar-refractivity contribution is 5.75. The first-order valence-corrected chi connectivity index (χ1v) is 13.8. The predicted molar refractivity (Wildman–Crippen MR) is 145 cm³/mol. The third-order valence-corrected chi connectivity index (χ3v) is 7.56. The molecule has 4 rings (SSSR count). The second kappa shape index (κ2) is 14.2. The molecule has 4 N–H and O–H groups in total. The first kappa shape index (κ1) is 28.7. The number of nitrogens with one attached hydrogen (secondary N) is 1. The van der Waals surface area contributed by atoms with Crippen LogP contribution >= 0.6 is 0 Å². The van der Waals surface area contributed by atoms with Gasteiger partial charge in [0.25, 0.3) is 0 Å². The van der Waals surface area contributed by atoms with Gasteiger partial charge in [-0.15, -0.1) is 0 Å². The van der Waals surface area contributed by atoms with E-state index >= 15 is 0 Å². The van der Waals surface area contributed by atoms with E-state index in [1.165, 1.54) is 19.3 Å². The fraction of sp³-hybridized carbons (Fsp3) is 0.567. The number of likely N-dealkylation sites (tertiary alicyclic amines) is 1. The minimum atomic E-state index is -1.23. The molecule has 8 heteroatoms. The van der Waals surface area contributed by atoms with Gasteiger partial charge in [-0.1, -0.05) is 48.9 Å². The fourth-order valence-electron chi connectivity index (χ4n) is 5.11. The van der Waals surface area contributed by atoms with Gasteiger partial charge in [0.05, 0.1) is 19.8 Å². The number of nitrogens with zero attached hydrogens (tertiary/aromatic N) is 1. The number of hydrogen-bond donors (Lipinski definition) is 4. The molecule has 0 saturated carbocycles. The molecule has 2 fully saturated rings. The molecule has 2 aromatic carbocycles. The Hall–Kier alpha value is -2.33. The van der Waals surface area contributed by atoms with E-state index in [9.17, 15) is 20.1 Å². The van der Waals surface area contributed by atoms with Gasteiger partial charge in [-0.25, -0.2) is 0 Å². The summed E-state index contributed by atoms with van der Waals surface area (Å²) in [5.41, 5.74) is 5.21. The van der Waals surface area contributed by atoms with E-state index in [1.807, 2.05) is 37.3 Å². The number of ether oxygens (including phenoxy) is 2. The zero-order valence-corrected chi connectivity index (χ0v) is 22.3. The van der Waals surface area contributed by atoms with Crippen LogP contribution in [0.5, 0.6) is 0 Å². The van der Waals surface area contributed by atoms with Crippen LogP contribution in [0, 0.1) is 6.92 Å². The van der Waals surface area contributed by atoms with Crippen LogP contribution in [0.3, 0.4) is 0 Å². The fourth-order valence-corrected chi connectivity index (χ4v) is 5.11. The Kier molecular flexibility index (Phi) is 10.7. The molecule has 0 unspecified atom stereocenters. The molecule has 8 nitrogen and oxygen atoms in total. The SMILES string of the molecule is Cc1ccc([C@@H]2OC[C@@H](O)[C@H](O)[C@H]2O)cc1Cc1ccc(COCCC(=O)NCCN2CCCCC2)cc1. The maximum absolute atomic E-state index is 12.1. The van der Waals surface area contributed by atoms with Crippen LogP contribution in [0.4, 0.5) is 0 Å². The molecule has 0 aromatic heterocycles. The van der Waals surface area contributed by atoms with E-state index in [0.29, 0.717) is 32.6 Å². The van der Waals surface area contributed by atoms with Crippen molar-refractivity contribution in [3.63, 3.8) is 0 Å². The molecule has 0 radical (unpaired) electrons. The minimum Gasteiger partial charge on any atom is -0.388 e. The number of piperidine rings is 1. The van der Waals surface area contributed by atoms with Crippen LogP contribution in [0.2, 0.25) is 0 Å². The van der Waals surface area contributed by atoms with Gasteiger partial charge in [-0.05, 0) is 67.1 Å². The van der Waals surface area contributed by atoms with Crippen molar-refractivity contribution in [1.82, 2.24) is 10.2 Å². The second-order valence-corrected chi connectivity index (χ2v) is 10.5. The number of amides is 1. The van der Waals surface area contributed by atoms with Gasteiger partial charge in [-0.2, -0.15) is 0 Å². The first-order chi connectivity index (χ1) is 18.4. The van der Waals surface area contributed by atoms with Crippen LogP contribution in [0.15, 0.2) is 42.5 Å². The Morgan fingerprint density at radius 3 is 2.53 bits per heavy atom. The average Bonchev–Trinajstić information content (AvgIpc) is 2.93. The summed E-state index contributed by atoms with van der Waals surface area (Å²) in [5.74, 6) is 0.0341. The van der Waals surface area contributed by atoms with E-state index in [1.54, 1.807) is 0 Å². The predicted octanol–water partition coefficient (Wildman–Crippen LogP) is 2.25. The van der Waals surface area contributed by atoms with Crippen molar-refractivity contribution in [1.29, 1.82) is 0 Å². The third-order valence-electron chi connectivity index (χ3n) is 7.56. The summed E-state index contributed by atoms with van der Waals surface area (Å²) in [7, 11) is 0. The number of aliphatic hydroxyl groups is 3. The summed E-state index contributed by atoms with van der Waals surface area (Å²) in [4.78, 5) is 14.5. The molecule has 2 saturated heterocycles. The molecule has 38 heavy (non-hydrogen) atoms. The van der Waals surface area contributed by atoms with E-state index in [0.717, 1.165) is 47.5 Å². The number of hydrogen-bond acceptors (Lipinski definition) is 7. The summed E-state index contributed by atoms with van der Waals surface area (Å²) >= 11 is 0. The van der Waals surface area contributed by atoms with Crippen molar-refractivity contribution in [3.05, 3.63) is 70.3 Å². The van der Waals surface area contributed by atoms with Gasteiger partial charge in [0.1, 0.15) is 24.4 Å². The summed E-state index contributed by atoms with van der Waals surface area (Å²) in [5, 5.41) is 33.1. The van der Waals surface area contributed by atoms with Crippen molar-refractivity contribution in [2.45, 2.75) is 70.1 Å². The summed E-state index contributed by atoms with van der Waals surface area (Å²) in [6.07, 6.45) is 0.743. The molecule has 2 heterocycles. The number of aliphatic hydroxyl groups excluding tert-OH is 3. The Morgan fingerprint density at radius 2 is 1.76 bits per heavy atom. The molecule has 0 aliphatic carbocycles. The van der Waals surface area contributed by atoms with Crippen LogP contribution in [-0.2, 0) is 27.3 Å². The van der Waals surface area contributed by atoms with Crippen LogP contribution < -0.4 is 5.32 Å². The van der Waals surface area contributed by atoms with Gasteiger partial charge < -0.3 is 35.0 Å². The van der Waals surface area contributed by atoms with Gasteiger partial charge in [-0.3, -0.25) is 4.79 Å². The lowest BCUT2D eigenvalue weighted by atomic mass is 9.91. The Morgan fingerprint density at radius 1 is 1.03 bits per heavy atom. The normalized spacial score (nSPS) is 24.3. The first-order valence-electron chi connectivity index (χ1n) is 13.8. The average molecular weight is 527 g/mol. The Balaban J connectivity index is 1.20. The lowest BCUT2D eigenvalue weighted by Crippen LogP contribution is -2.49.